The lowest BCUT2D eigenvalue weighted by molar-refractivity contribution is 0.948. The minimum atomic E-state index is 0.0916. The number of nitrogens with zero attached hydrogens (tertiary/aromatic N) is 1. The van der Waals surface area contributed by atoms with Crippen LogP contribution in [0.2, 0.25) is 0 Å². The molecule has 1 nitrogen and oxygen atoms in total. The summed E-state index contributed by atoms with van der Waals surface area (Å²) < 4.78 is 0. The standard InChI is InChI=1S/C10H9BrClN/c11-6-10(12)5-8-2-1-3-9(4-8)7-13/h1-4,10H,5-6H2. The zero-order valence-corrected chi connectivity index (χ0v) is 9.35. The molecule has 0 heterocycles. The van der Waals surface area contributed by atoms with E-state index in [1.165, 1.54) is 0 Å². The second-order valence-corrected chi connectivity index (χ2v) is 4.03. The van der Waals surface area contributed by atoms with Crippen LogP contribution in [-0.2, 0) is 6.42 Å². The number of rotatable bonds is 3. The lowest BCUT2D eigenvalue weighted by Gasteiger charge is -2.04. The summed E-state index contributed by atoms with van der Waals surface area (Å²) in [6.07, 6.45) is 0.794. The highest BCUT2D eigenvalue weighted by Crippen LogP contribution is 2.11. The molecule has 3 heteroatoms. The second-order valence-electron chi connectivity index (χ2n) is 2.77. The molecule has 0 aliphatic heterocycles. The predicted molar refractivity (Wildman–Crippen MR) is 58.3 cm³/mol. The monoisotopic (exact) mass is 257 g/mol. The van der Waals surface area contributed by atoms with Crippen LogP contribution in [0.1, 0.15) is 11.1 Å². The predicted octanol–water partition coefficient (Wildman–Crippen LogP) is 3.10. The van der Waals surface area contributed by atoms with E-state index in [2.05, 4.69) is 22.0 Å². The Morgan fingerprint density at radius 2 is 2.31 bits per heavy atom. The molecule has 0 amide bonds. The number of hydrogen-bond acceptors (Lipinski definition) is 1. The highest BCUT2D eigenvalue weighted by atomic mass is 79.9. The number of benzene rings is 1. The van der Waals surface area contributed by atoms with Gasteiger partial charge in [0.2, 0.25) is 0 Å². The fourth-order valence-corrected chi connectivity index (χ4v) is 1.49. The molecule has 1 aromatic carbocycles. The lowest BCUT2D eigenvalue weighted by Crippen LogP contribution is -2.04. The largest absolute Gasteiger partial charge is 0.192 e. The van der Waals surface area contributed by atoms with Gasteiger partial charge in [-0.3, -0.25) is 0 Å². The van der Waals surface area contributed by atoms with Crippen LogP contribution in [0.4, 0.5) is 0 Å². The van der Waals surface area contributed by atoms with Crippen molar-refractivity contribution in [2.24, 2.45) is 0 Å². The minimum Gasteiger partial charge on any atom is -0.192 e. The van der Waals surface area contributed by atoms with E-state index in [0.717, 1.165) is 17.3 Å². The van der Waals surface area contributed by atoms with Gasteiger partial charge in [-0.25, -0.2) is 0 Å². The third kappa shape index (κ3) is 3.38. The summed E-state index contributed by atoms with van der Waals surface area (Å²) in [4.78, 5) is 0. The van der Waals surface area contributed by atoms with E-state index in [1.54, 1.807) is 6.07 Å². The quantitative estimate of drug-likeness (QED) is 0.764. The topological polar surface area (TPSA) is 23.8 Å². The molecule has 0 saturated carbocycles. The van der Waals surface area contributed by atoms with Crippen molar-refractivity contribution in [3.63, 3.8) is 0 Å². The van der Waals surface area contributed by atoms with Crippen LogP contribution in [0.15, 0.2) is 24.3 Å². The van der Waals surface area contributed by atoms with E-state index in [1.807, 2.05) is 18.2 Å². The normalized spacial score (nSPS) is 12.1. The van der Waals surface area contributed by atoms with E-state index < -0.39 is 0 Å². The van der Waals surface area contributed by atoms with Gasteiger partial charge in [-0.15, -0.1) is 11.6 Å². The molecule has 0 fully saturated rings. The van der Waals surface area contributed by atoms with E-state index in [0.29, 0.717) is 5.56 Å². The van der Waals surface area contributed by atoms with Gasteiger partial charge in [0.15, 0.2) is 0 Å². The van der Waals surface area contributed by atoms with E-state index in [4.69, 9.17) is 16.9 Å². The highest BCUT2D eigenvalue weighted by Gasteiger charge is 2.03. The molecule has 1 unspecified atom stereocenters. The summed E-state index contributed by atoms with van der Waals surface area (Å²) in [6.45, 7) is 0. The Kier molecular flexibility index (Phi) is 4.27. The molecule has 1 aromatic rings. The smallest absolute Gasteiger partial charge is 0.0991 e. The first-order chi connectivity index (χ1) is 6.26. The molecule has 0 aromatic heterocycles. The summed E-state index contributed by atoms with van der Waals surface area (Å²) in [6, 6.07) is 9.64. The first-order valence-corrected chi connectivity index (χ1v) is 5.51. The highest BCUT2D eigenvalue weighted by molar-refractivity contribution is 9.09. The van der Waals surface area contributed by atoms with Crippen LogP contribution >= 0.6 is 27.5 Å². The van der Waals surface area contributed by atoms with Crippen molar-refractivity contribution in [2.45, 2.75) is 11.8 Å². The first kappa shape index (κ1) is 10.6. The fraction of sp³-hybridized carbons (Fsp3) is 0.300. The summed E-state index contributed by atoms with van der Waals surface area (Å²) in [5.41, 5.74) is 1.80. The van der Waals surface area contributed by atoms with Crippen LogP contribution < -0.4 is 0 Å². The summed E-state index contributed by atoms with van der Waals surface area (Å²) in [5.74, 6) is 0. The zero-order chi connectivity index (χ0) is 9.68. The SMILES string of the molecule is N#Cc1cccc(CC(Cl)CBr)c1. The first-order valence-electron chi connectivity index (χ1n) is 3.95. The van der Waals surface area contributed by atoms with Gasteiger partial charge in [0.05, 0.1) is 11.6 Å². The number of hydrogen-bond donors (Lipinski definition) is 0. The molecule has 0 spiro atoms. The zero-order valence-electron chi connectivity index (χ0n) is 7.00. The van der Waals surface area contributed by atoms with E-state index >= 15 is 0 Å². The molecule has 1 rings (SSSR count). The van der Waals surface area contributed by atoms with Gasteiger partial charge in [-0.1, -0.05) is 28.1 Å². The molecule has 0 aliphatic rings. The molecule has 1 atom stereocenters. The molecular formula is C10H9BrClN. The Bertz CT molecular complexity index is 319. The Morgan fingerprint density at radius 3 is 2.92 bits per heavy atom. The number of nitriles is 1. The Hall–Kier alpha value is -0.520. The molecule has 0 radical (unpaired) electrons. The van der Waals surface area contributed by atoms with Crippen molar-refractivity contribution in [1.82, 2.24) is 0 Å². The van der Waals surface area contributed by atoms with Gasteiger partial charge in [-0.2, -0.15) is 5.26 Å². The van der Waals surface area contributed by atoms with Gasteiger partial charge in [0.25, 0.3) is 0 Å². The Balaban J connectivity index is 2.73. The van der Waals surface area contributed by atoms with Gasteiger partial charge in [-0.05, 0) is 24.1 Å². The van der Waals surface area contributed by atoms with E-state index in [9.17, 15) is 0 Å². The number of halogens is 2. The van der Waals surface area contributed by atoms with Gasteiger partial charge < -0.3 is 0 Å². The molecular weight excluding hydrogens is 249 g/mol. The van der Waals surface area contributed by atoms with Crippen LogP contribution in [-0.4, -0.2) is 10.7 Å². The number of alkyl halides is 2. The van der Waals surface area contributed by atoms with Crippen molar-refractivity contribution in [2.75, 3.05) is 5.33 Å². The van der Waals surface area contributed by atoms with Gasteiger partial charge in [0.1, 0.15) is 0 Å². The Morgan fingerprint density at radius 1 is 1.54 bits per heavy atom. The van der Waals surface area contributed by atoms with Crippen LogP contribution in [0.3, 0.4) is 0 Å². The molecule has 68 valence electrons. The van der Waals surface area contributed by atoms with E-state index in [-0.39, 0.29) is 5.38 Å². The van der Waals surface area contributed by atoms with Crippen molar-refractivity contribution >= 4 is 27.5 Å². The molecule has 13 heavy (non-hydrogen) atoms. The average Bonchev–Trinajstić information content (AvgIpc) is 2.18. The van der Waals surface area contributed by atoms with Crippen LogP contribution in [0.5, 0.6) is 0 Å². The minimum absolute atomic E-state index is 0.0916. The summed E-state index contributed by atoms with van der Waals surface area (Å²) >= 11 is 9.28. The lowest BCUT2D eigenvalue weighted by atomic mass is 10.1. The van der Waals surface area contributed by atoms with Crippen LogP contribution in [0.25, 0.3) is 0 Å². The molecule has 0 saturated heterocycles. The third-order valence-corrected chi connectivity index (χ3v) is 3.14. The summed E-state index contributed by atoms with van der Waals surface area (Å²) in [7, 11) is 0. The van der Waals surface area contributed by atoms with Gasteiger partial charge >= 0.3 is 0 Å². The maximum absolute atomic E-state index is 8.66. The van der Waals surface area contributed by atoms with Crippen molar-refractivity contribution in [1.29, 1.82) is 5.26 Å². The summed E-state index contributed by atoms with van der Waals surface area (Å²) in [5, 5.41) is 9.52. The molecule has 0 N–H and O–H groups in total. The van der Waals surface area contributed by atoms with Crippen molar-refractivity contribution in [3.05, 3.63) is 35.4 Å². The molecule has 0 aliphatic carbocycles. The molecule has 0 bridgehead atoms. The second kappa shape index (κ2) is 5.26. The van der Waals surface area contributed by atoms with Crippen molar-refractivity contribution in [3.8, 4) is 6.07 Å². The van der Waals surface area contributed by atoms with Gasteiger partial charge in [0, 0.05) is 10.7 Å². The third-order valence-electron chi connectivity index (χ3n) is 1.68. The van der Waals surface area contributed by atoms with Crippen molar-refractivity contribution < 1.29 is 0 Å². The Labute approximate surface area is 91.5 Å². The van der Waals surface area contributed by atoms with Crippen LogP contribution in [0, 0.1) is 11.3 Å². The maximum atomic E-state index is 8.66. The average molecular weight is 259 g/mol. The fourth-order valence-electron chi connectivity index (χ4n) is 1.08. The maximum Gasteiger partial charge on any atom is 0.0991 e.